The summed E-state index contributed by atoms with van der Waals surface area (Å²) in [5.74, 6) is 1.02. The Morgan fingerprint density at radius 3 is 2.66 bits per heavy atom. The fourth-order valence-electron chi connectivity index (χ4n) is 2.93. The van der Waals surface area contributed by atoms with Gasteiger partial charge in [0, 0.05) is 12.6 Å². The van der Waals surface area contributed by atoms with E-state index in [4.69, 9.17) is 22.1 Å². The standard InChI is InChI=1S/C21H16ClN5O2/c1-3-13-10-17(20(23)28)26-21(25-13)12-4-6-14(7-5-12)29-18-9-8-16(22)19-15(18)11-24-27(19)2/h3-11H,1H2,2H3,(H2,23,28). The van der Waals surface area contributed by atoms with E-state index in [1.54, 1.807) is 47.3 Å². The maximum absolute atomic E-state index is 11.5. The molecule has 0 aliphatic rings. The normalized spacial score (nSPS) is 10.8. The van der Waals surface area contributed by atoms with Crippen molar-refractivity contribution < 1.29 is 9.53 Å². The van der Waals surface area contributed by atoms with Gasteiger partial charge in [-0.2, -0.15) is 5.10 Å². The zero-order chi connectivity index (χ0) is 20.5. The number of rotatable bonds is 5. The largest absolute Gasteiger partial charge is 0.457 e. The van der Waals surface area contributed by atoms with Crippen LogP contribution in [0.3, 0.4) is 0 Å². The van der Waals surface area contributed by atoms with Crippen molar-refractivity contribution in [2.75, 3.05) is 0 Å². The monoisotopic (exact) mass is 405 g/mol. The van der Waals surface area contributed by atoms with Crippen LogP contribution in [-0.4, -0.2) is 25.7 Å². The van der Waals surface area contributed by atoms with Crippen LogP contribution in [0.4, 0.5) is 0 Å². The van der Waals surface area contributed by atoms with E-state index in [0.717, 1.165) is 10.9 Å². The second-order valence-electron chi connectivity index (χ2n) is 6.27. The molecular weight excluding hydrogens is 390 g/mol. The molecule has 0 spiro atoms. The van der Waals surface area contributed by atoms with Crippen LogP contribution >= 0.6 is 11.6 Å². The van der Waals surface area contributed by atoms with Crippen LogP contribution < -0.4 is 10.5 Å². The number of aromatic nitrogens is 4. The number of hydrogen-bond donors (Lipinski definition) is 1. The van der Waals surface area contributed by atoms with Gasteiger partial charge in [-0.25, -0.2) is 9.97 Å². The number of nitrogens with two attached hydrogens (primary N) is 1. The SMILES string of the molecule is C=Cc1cc(C(N)=O)nc(-c2ccc(Oc3ccc(Cl)c4c3cnn4C)cc2)n1. The van der Waals surface area contributed by atoms with E-state index in [1.165, 1.54) is 12.1 Å². The van der Waals surface area contributed by atoms with E-state index in [9.17, 15) is 4.79 Å². The smallest absolute Gasteiger partial charge is 0.267 e. The Labute approximate surface area is 171 Å². The predicted octanol–water partition coefficient (Wildman–Crippen LogP) is 4.22. The third-order valence-electron chi connectivity index (χ3n) is 4.36. The van der Waals surface area contributed by atoms with E-state index in [-0.39, 0.29) is 5.69 Å². The molecule has 29 heavy (non-hydrogen) atoms. The van der Waals surface area contributed by atoms with Gasteiger partial charge in [-0.1, -0.05) is 18.2 Å². The molecular formula is C21H16ClN5O2. The molecule has 0 radical (unpaired) electrons. The van der Waals surface area contributed by atoms with Crippen LogP contribution in [0.2, 0.25) is 5.02 Å². The third-order valence-corrected chi connectivity index (χ3v) is 4.66. The van der Waals surface area contributed by atoms with Crippen molar-refractivity contribution in [3.63, 3.8) is 0 Å². The van der Waals surface area contributed by atoms with Gasteiger partial charge >= 0.3 is 0 Å². The second kappa shape index (κ2) is 7.37. The highest BCUT2D eigenvalue weighted by atomic mass is 35.5. The topological polar surface area (TPSA) is 95.9 Å². The Hall–Kier alpha value is -3.71. The molecule has 0 saturated carbocycles. The van der Waals surface area contributed by atoms with Gasteiger partial charge in [0.05, 0.1) is 27.8 Å². The molecule has 0 aliphatic carbocycles. The Balaban J connectivity index is 1.66. The minimum atomic E-state index is -0.625. The summed E-state index contributed by atoms with van der Waals surface area (Å²) in [6.07, 6.45) is 3.25. The molecule has 2 aromatic carbocycles. The molecule has 2 aromatic heterocycles. The minimum Gasteiger partial charge on any atom is -0.457 e. The van der Waals surface area contributed by atoms with Crippen LogP contribution in [0.5, 0.6) is 11.5 Å². The fraction of sp³-hybridized carbons (Fsp3) is 0.0476. The number of amides is 1. The Morgan fingerprint density at radius 1 is 1.21 bits per heavy atom. The van der Waals surface area contributed by atoms with Crippen molar-refractivity contribution in [2.45, 2.75) is 0 Å². The highest BCUT2D eigenvalue weighted by Gasteiger charge is 2.12. The summed E-state index contributed by atoms with van der Waals surface area (Å²) in [5.41, 5.74) is 7.51. The molecule has 8 heteroatoms. The lowest BCUT2D eigenvalue weighted by molar-refractivity contribution is 0.0995. The summed E-state index contributed by atoms with van der Waals surface area (Å²) < 4.78 is 7.72. The molecule has 7 nitrogen and oxygen atoms in total. The minimum absolute atomic E-state index is 0.130. The Kier molecular flexibility index (Phi) is 4.74. The molecule has 0 bridgehead atoms. The van der Waals surface area contributed by atoms with Crippen molar-refractivity contribution in [1.29, 1.82) is 0 Å². The number of hydrogen-bond acceptors (Lipinski definition) is 5. The molecule has 0 unspecified atom stereocenters. The van der Waals surface area contributed by atoms with Gasteiger partial charge in [0.25, 0.3) is 5.91 Å². The average molecular weight is 406 g/mol. The first-order chi connectivity index (χ1) is 14.0. The van der Waals surface area contributed by atoms with E-state index in [0.29, 0.717) is 33.6 Å². The molecule has 1 amide bonds. The molecule has 0 atom stereocenters. The van der Waals surface area contributed by atoms with Crippen LogP contribution in [0.15, 0.2) is 55.2 Å². The van der Waals surface area contributed by atoms with Gasteiger partial charge in [0.1, 0.15) is 17.2 Å². The Morgan fingerprint density at radius 2 is 1.97 bits per heavy atom. The maximum Gasteiger partial charge on any atom is 0.267 e. The summed E-state index contributed by atoms with van der Waals surface area (Å²) in [6.45, 7) is 3.68. The third kappa shape index (κ3) is 3.55. The highest BCUT2D eigenvalue weighted by Crippen LogP contribution is 2.34. The first kappa shape index (κ1) is 18.6. The number of carbonyl (C=O) groups is 1. The molecule has 2 N–H and O–H groups in total. The fourth-order valence-corrected chi connectivity index (χ4v) is 3.22. The lowest BCUT2D eigenvalue weighted by Crippen LogP contribution is -2.14. The van der Waals surface area contributed by atoms with Crippen molar-refractivity contribution in [3.8, 4) is 22.9 Å². The van der Waals surface area contributed by atoms with Gasteiger partial charge < -0.3 is 10.5 Å². The van der Waals surface area contributed by atoms with Gasteiger partial charge in [-0.3, -0.25) is 9.48 Å². The zero-order valence-corrected chi connectivity index (χ0v) is 16.2. The van der Waals surface area contributed by atoms with E-state index >= 15 is 0 Å². The van der Waals surface area contributed by atoms with Gasteiger partial charge in [-0.05, 0) is 48.5 Å². The van der Waals surface area contributed by atoms with Gasteiger partial charge in [-0.15, -0.1) is 0 Å². The number of fused-ring (bicyclic) bond motifs is 1. The summed E-state index contributed by atoms with van der Waals surface area (Å²) >= 11 is 6.26. The van der Waals surface area contributed by atoms with Crippen molar-refractivity contribution in [3.05, 3.63) is 71.7 Å². The molecule has 0 fully saturated rings. The van der Waals surface area contributed by atoms with Crippen molar-refractivity contribution in [1.82, 2.24) is 19.7 Å². The number of benzene rings is 2. The lowest BCUT2D eigenvalue weighted by Gasteiger charge is -2.09. The number of halogens is 1. The Bertz CT molecular complexity index is 1250. The van der Waals surface area contributed by atoms with Crippen molar-refractivity contribution in [2.24, 2.45) is 12.8 Å². The number of primary amides is 1. The van der Waals surface area contributed by atoms with E-state index in [2.05, 4.69) is 21.6 Å². The second-order valence-corrected chi connectivity index (χ2v) is 6.68. The first-order valence-corrected chi connectivity index (χ1v) is 9.04. The lowest BCUT2D eigenvalue weighted by atomic mass is 10.2. The van der Waals surface area contributed by atoms with Crippen LogP contribution in [0.25, 0.3) is 28.4 Å². The molecule has 0 saturated heterocycles. The van der Waals surface area contributed by atoms with Crippen LogP contribution in [0.1, 0.15) is 16.2 Å². The van der Waals surface area contributed by atoms with Crippen molar-refractivity contribution >= 4 is 34.5 Å². The molecule has 144 valence electrons. The maximum atomic E-state index is 11.5. The van der Waals surface area contributed by atoms with E-state index in [1.807, 2.05) is 7.05 Å². The summed E-state index contributed by atoms with van der Waals surface area (Å²) in [4.78, 5) is 20.1. The van der Waals surface area contributed by atoms with Gasteiger partial charge in [0.15, 0.2) is 5.82 Å². The van der Waals surface area contributed by atoms with Crippen LogP contribution in [-0.2, 0) is 7.05 Å². The molecule has 4 aromatic rings. The quantitative estimate of drug-likeness (QED) is 0.536. The number of aryl methyl sites for hydroxylation is 1. The molecule has 4 rings (SSSR count). The van der Waals surface area contributed by atoms with E-state index < -0.39 is 5.91 Å². The average Bonchev–Trinajstić information content (AvgIpc) is 3.13. The molecule has 0 aliphatic heterocycles. The van der Waals surface area contributed by atoms with Crippen LogP contribution in [0, 0.1) is 0 Å². The summed E-state index contributed by atoms with van der Waals surface area (Å²) in [7, 11) is 1.82. The number of carbonyl (C=O) groups excluding carboxylic acids is 1. The first-order valence-electron chi connectivity index (χ1n) is 8.66. The summed E-state index contributed by atoms with van der Waals surface area (Å²) in [6, 6.07) is 12.3. The zero-order valence-electron chi connectivity index (χ0n) is 15.5. The number of ether oxygens (including phenoxy) is 1. The summed E-state index contributed by atoms with van der Waals surface area (Å²) in [5, 5.41) is 5.66. The highest BCUT2D eigenvalue weighted by molar-refractivity contribution is 6.35. The van der Waals surface area contributed by atoms with Gasteiger partial charge in [0.2, 0.25) is 0 Å². The predicted molar refractivity (Wildman–Crippen MR) is 112 cm³/mol. The molecule has 2 heterocycles. The number of nitrogens with zero attached hydrogens (tertiary/aromatic N) is 4.